The summed E-state index contributed by atoms with van der Waals surface area (Å²) in [7, 11) is 0. The summed E-state index contributed by atoms with van der Waals surface area (Å²) in [6.45, 7) is 14.1. The van der Waals surface area contributed by atoms with Crippen molar-refractivity contribution in [2.24, 2.45) is 11.8 Å². The minimum Gasteiger partial charge on any atom is -0.493 e. The number of hydrogen-bond acceptors (Lipinski definition) is 2. The number of ether oxygens (including phenoxy) is 2. The molecule has 0 spiro atoms. The lowest BCUT2D eigenvalue weighted by Gasteiger charge is -2.14. The van der Waals surface area contributed by atoms with Crippen LogP contribution in [0.5, 0.6) is 11.5 Å². The summed E-state index contributed by atoms with van der Waals surface area (Å²) in [5, 5.41) is 0. The smallest absolute Gasteiger partial charge is 0.126 e. The third-order valence-electron chi connectivity index (χ3n) is 3.32. The summed E-state index contributed by atoms with van der Waals surface area (Å²) in [6, 6.07) is 6.12. The molecule has 2 nitrogen and oxygen atoms in total. The molecule has 0 saturated heterocycles. The van der Waals surface area contributed by atoms with Gasteiger partial charge in [0, 0.05) is 6.07 Å². The highest BCUT2D eigenvalue weighted by atomic mass is 16.5. The normalized spacial score (nSPS) is 11.0. The van der Waals surface area contributed by atoms with Crippen LogP contribution in [-0.2, 0) is 6.42 Å². The molecule has 0 bridgehead atoms. The van der Waals surface area contributed by atoms with E-state index in [1.54, 1.807) is 0 Å². The zero-order valence-corrected chi connectivity index (χ0v) is 14.0. The molecule has 0 unspecified atom stereocenters. The molecule has 0 aromatic heterocycles. The zero-order valence-electron chi connectivity index (χ0n) is 14.0. The van der Waals surface area contributed by atoms with Crippen LogP contribution in [0.25, 0.3) is 0 Å². The molecule has 1 aromatic rings. The van der Waals surface area contributed by atoms with E-state index >= 15 is 0 Å². The van der Waals surface area contributed by atoms with Crippen LogP contribution >= 0.6 is 0 Å². The van der Waals surface area contributed by atoms with E-state index in [9.17, 15) is 0 Å². The SMILES string of the molecule is C=CCc1ccc(OCCC(C)C)cc1OCCC(C)C. The van der Waals surface area contributed by atoms with Crippen molar-refractivity contribution in [1.82, 2.24) is 0 Å². The van der Waals surface area contributed by atoms with Crippen LogP contribution in [0, 0.1) is 11.8 Å². The fourth-order valence-electron chi connectivity index (χ4n) is 1.90. The van der Waals surface area contributed by atoms with Gasteiger partial charge in [-0.15, -0.1) is 6.58 Å². The largest absolute Gasteiger partial charge is 0.493 e. The monoisotopic (exact) mass is 290 g/mol. The molecular weight excluding hydrogens is 260 g/mol. The summed E-state index contributed by atoms with van der Waals surface area (Å²) in [6.07, 6.45) is 4.86. The second-order valence-electron chi connectivity index (χ2n) is 6.32. The summed E-state index contributed by atoms with van der Waals surface area (Å²) in [5.74, 6) is 3.13. The molecule has 118 valence electrons. The van der Waals surface area contributed by atoms with Gasteiger partial charge in [0.05, 0.1) is 13.2 Å². The molecule has 1 rings (SSSR count). The van der Waals surface area contributed by atoms with E-state index in [0.717, 1.165) is 44.0 Å². The van der Waals surface area contributed by atoms with E-state index in [4.69, 9.17) is 9.47 Å². The first-order chi connectivity index (χ1) is 10.0. The van der Waals surface area contributed by atoms with Crippen LogP contribution in [0.4, 0.5) is 0 Å². The maximum atomic E-state index is 5.94. The molecule has 2 heteroatoms. The molecular formula is C19H30O2. The molecule has 0 fully saturated rings. The quantitative estimate of drug-likeness (QED) is 0.547. The van der Waals surface area contributed by atoms with Gasteiger partial charge in [-0.1, -0.05) is 39.8 Å². The van der Waals surface area contributed by atoms with Gasteiger partial charge in [-0.05, 0) is 42.7 Å². The fraction of sp³-hybridized carbons (Fsp3) is 0.579. The molecule has 0 radical (unpaired) electrons. The van der Waals surface area contributed by atoms with Crippen molar-refractivity contribution >= 4 is 0 Å². The van der Waals surface area contributed by atoms with Gasteiger partial charge in [-0.3, -0.25) is 0 Å². The fourth-order valence-corrected chi connectivity index (χ4v) is 1.90. The highest BCUT2D eigenvalue weighted by Gasteiger charge is 2.06. The Bertz CT molecular complexity index is 422. The number of allylic oxidation sites excluding steroid dienone is 1. The highest BCUT2D eigenvalue weighted by molar-refractivity contribution is 5.41. The van der Waals surface area contributed by atoms with Gasteiger partial charge in [0.1, 0.15) is 11.5 Å². The third kappa shape index (κ3) is 7.22. The Morgan fingerprint density at radius 1 is 1.00 bits per heavy atom. The molecule has 0 aliphatic rings. The molecule has 0 aliphatic carbocycles. The van der Waals surface area contributed by atoms with Crippen LogP contribution in [-0.4, -0.2) is 13.2 Å². The maximum Gasteiger partial charge on any atom is 0.126 e. The van der Waals surface area contributed by atoms with Crippen LogP contribution in [0.15, 0.2) is 30.9 Å². The first-order valence-electron chi connectivity index (χ1n) is 8.02. The van der Waals surface area contributed by atoms with E-state index in [1.807, 2.05) is 18.2 Å². The van der Waals surface area contributed by atoms with Crippen molar-refractivity contribution in [1.29, 1.82) is 0 Å². The van der Waals surface area contributed by atoms with Crippen molar-refractivity contribution in [2.75, 3.05) is 13.2 Å². The second kappa shape index (κ2) is 9.49. The van der Waals surface area contributed by atoms with Gasteiger partial charge in [-0.25, -0.2) is 0 Å². The van der Waals surface area contributed by atoms with Crippen molar-refractivity contribution < 1.29 is 9.47 Å². The Hall–Kier alpha value is -1.44. The summed E-state index contributed by atoms with van der Waals surface area (Å²) in [5.41, 5.74) is 1.17. The predicted octanol–water partition coefficient (Wildman–Crippen LogP) is 5.26. The van der Waals surface area contributed by atoms with Crippen molar-refractivity contribution in [2.45, 2.75) is 47.0 Å². The van der Waals surface area contributed by atoms with Gasteiger partial charge in [0.25, 0.3) is 0 Å². The molecule has 1 aromatic carbocycles. The topological polar surface area (TPSA) is 18.5 Å². The standard InChI is InChI=1S/C19H30O2/c1-6-7-17-8-9-18(20-12-10-15(2)3)14-19(17)21-13-11-16(4)5/h6,8-9,14-16H,1,7,10-13H2,2-5H3. The Balaban J connectivity index is 2.67. The minimum absolute atomic E-state index is 0.651. The van der Waals surface area contributed by atoms with E-state index in [0.29, 0.717) is 11.8 Å². The minimum atomic E-state index is 0.651. The third-order valence-corrected chi connectivity index (χ3v) is 3.32. The average Bonchev–Trinajstić information content (AvgIpc) is 2.41. The highest BCUT2D eigenvalue weighted by Crippen LogP contribution is 2.26. The van der Waals surface area contributed by atoms with Gasteiger partial charge >= 0.3 is 0 Å². The Morgan fingerprint density at radius 3 is 2.19 bits per heavy atom. The van der Waals surface area contributed by atoms with Crippen LogP contribution < -0.4 is 9.47 Å². The lowest BCUT2D eigenvalue weighted by Crippen LogP contribution is -2.05. The summed E-state index contributed by atoms with van der Waals surface area (Å²) >= 11 is 0. The van der Waals surface area contributed by atoms with Crippen LogP contribution in [0.1, 0.15) is 46.1 Å². The molecule has 0 N–H and O–H groups in total. The second-order valence-corrected chi connectivity index (χ2v) is 6.32. The summed E-state index contributed by atoms with van der Waals surface area (Å²) in [4.78, 5) is 0. The van der Waals surface area contributed by atoms with Crippen molar-refractivity contribution in [3.05, 3.63) is 36.4 Å². The Morgan fingerprint density at radius 2 is 1.62 bits per heavy atom. The van der Waals surface area contributed by atoms with Crippen molar-refractivity contribution in [3.63, 3.8) is 0 Å². The van der Waals surface area contributed by atoms with E-state index in [1.165, 1.54) is 5.56 Å². The van der Waals surface area contributed by atoms with E-state index < -0.39 is 0 Å². The number of hydrogen-bond donors (Lipinski definition) is 0. The number of rotatable bonds is 10. The van der Waals surface area contributed by atoms with Gasteiger partial charge < -0.3 is 9.47 Å². The molecule has 0 amide bonds. The Kier molecular flexibility index (Phi) is 7.96. The van der Waals surface area contributed by atoms with Crippen molar-refractivity contribution in [3.8, 4) is 11.5 Å². The van der Waals surface area contributed by atoms with Gasteiger partial charge in [-0.2, -0.15) is 0 Å². The first kappa shape index (κ1) is 17.6. The lowest BCUT2D eigenvalue weighted by atomic mass is 10.1. The molecule has 0 atom stereocenters. The first-order valence-corrected chi connectivity index (χ1v) is 8.02. The average molecular weight is 290 g/mol. The zero-order chi connectivity index (χ0) is 15.7. The molecule has 0 aliphatic heterocycles. The summed E-state index contributed by atoms with van der Waals surface area (Å²) < 4.78 is 11.8. The lowest BCUT2D eigenvalue weighted by molar-refractivity contribution is 0.274. The van der Waals surface area contributed by atoms with Crippen LogP contribution in [0.3, 0.4) is 0 Å². The number of benzene rings is 1. The maximum absolute atomic E-state index is 5.94. The molecule has 0 saturated carbocycles. The molecule has 21 heavy (non-hydrogen) atoms. The Labute approximate surface area is 130 Å². The van der Waals surface area contributed by atoms with Gasteiger partial charge in [0.2, 0.25) is 0 Å². The molecule has 0 heterocycles. The van der Waals surface area contributed by atoms with Gasteiger partial charge in [0.15, 0.2) is 0 Å². The van der Waals surface area contributed by atoms with E-state index in [2.05, 4.69) is 40.3 Å². The van der Waals surface area contributed by atoms with Crippen LogP contribution in [0.2, 0.25) is 0 Å². The van der Waals surface area contributed by atoms with E-state index in [-0.39, 0.29) is 0 Å². The predicted molar refractivity (Wildman–Crippen MR) is 90.2 cm³/mol.